The molecule has 0 spiro atoms. The van der Waals surface area contributed by atoms with Crippen molar-refractivity contribution in [3.05, 3.63) is 81.9 Å². The van der Waals surface area contributed by atoms with Crippen LogP contribution in [0.1, 0.15) is 40.8 Å². The number of H-pyrrole nitrogens is 1. The summed E-state index contributed by atoms with van der Waals surface area (Å²) in [6, 6.07) is 17.0. The SMILES string of the molecule is CCOc1cc(C2C(C#N)=C(N)Oc3n[nH]c(C)c32)ccc1OCc1ccc(C#N)cc1. The van der Waals surface area contributed by atoms with Crippen molar-refractivity contribution in [2.24, 2.45) is 5.73 Å². The average Bonchev–Trinajstić information content (AvgIpc) is 3.17. The van der Waals surface area contributed by atoms with Gasteiger partial charge in [0.15, 0.2) is 11.5 Å². The molecular formula is C24H21N5O3. The molecule has 1 unspecified atom stereocenters. The van der Waals surface area contributed by atoms with Crippen LogP contribution in [-0.4, -0.2) is 16.8 Å². The lowest BCUT2D eigenvalue weighted by Crippen LogP contribution is -2.21. The zero-order chi connectivity index (χ0) is 22.7. The first-order chi connectivity index (χ1) is 15.5. The predicted octanol–water partition coefficient (Wildman–Crippen LogP) is 3.79. The minimum absolute atomic E-state index is 0.0376. The van der Waals surface area contributed by atoms with E-state index in [4.69, 9.17) is 25.2 Å². The van der Waals surface area contributed by atoms with Gasteiger partial charge in [-0.2, -0.15) is 10.5 Å². The van der Waals surface area contributed by atoms with Crippen LogP contribution in [0.25, 0.3) is 0 Å². The molecule has 0 aliphatic carbocycles. The van der Waals surface area contributed by atoms with Crippen LogP contribution in [0.3, 0.4) is 0 Å². The van der Waals surface area contributed by atoms with Crippen molar-refractivity contribution in [2.75, 3.05) is 6.61 Å². The lowest BCUT2D eigenvalue weighted by atomic mass is 9.84. The summed E-state index contributed by atoms with van der Waals surface area (Å²) < 4.78 is 17.4. The van der Waals surface area contributed by atoms with Crippen molar-refractivity contribution in [1.29, 1.82) is 10.5 Å². The van der Waals surface area contributed by atoms with Gasteiger partial charge in [0.1, 0.15) is 18.2 Å². The molecule has 2 aromatic carbocycles. The molecule has 4 rings (SSSR count). The third-order valence-electron chi connectivity index (χ3n) is 5.21. The first-order valence-electron chi connectivity index (χ1n) is 10.1. The minimum atomic E-state index is -0.436. The number of nitrogens with zero attached hydrogens (tertiary/aromatic N) is 3. The summed E-state index contributed by atoms with van der Waals surface area (Å²) in [5, 5.41) is 25.7. The van der Waals surface area contributed by atoms with Crippen molar-refractivity contribution < 1.29 is 14.2 Å². The normalized spacial score (nSPS) is 14.7. The molecule has 160 valence electrons. The molecular weight excluding hydrogens is 406 g/mol. The lowest BCUT2D eigenvalue weighted by molar-refractivity contribution is 0.269. The Morgan fingerprint density at radius 2 is 1.88 bits per heavy atom. The number of nitrogens with two attached hydrogens (primary N) is 1. The quantitative estimate of drug-likeness (QED) is 0.612. The number of nitriles is 2. The van der Waals surface area contributed by atoms with Gasteiger partial charge < -0.3 is 19.9 Å². The Bertz CT molecular complexity index is 1260. The van der Waals surface area contributed by atoms with Crippen LogP contribution in [0.2, 0.25) is 0 Å². The summed E-state index contributed by atoms with van der Waals surface area (Å²) >= 11 is 0. The standard InChI is InChI=1S/C24H21N5O3/c1-3-30-20-10-17(8-9-19(20)31-13-16-6-4-15(11-25)5-7-16)22-18(12-26)23(27)32-24-21(22)14(2)28-29-24/h4-10,22H,3,13,27H2,1-2H3,(H,28,29). The second kappa shape index (κ2) is 8.75. The van der Waals surface area contributed by atoms with Crippen LogP contribution in [0.4, 0.5) is 0 Å². The maximum absolute atomic E-state index is 9.75. The molecule has 1 atom stereocenters. The summed E-state index contributed by atoms with van der Waals surface area (Å²) in [5.74, 6) is 1.10. The Balaban J connectivity index is 1.67. The monoisotopic (exact) mass is 427 g/mol. The average molecular weight is 427 g/mol. The number of hydrogen-bond acceptors (Lipinski definition) is 7. The molecule has 0 bridgehead atoms. The molecule has 3 aromatic rings. The molecule has 1 aliphatic rings. The molecule has 0 radical (unpaired) electrons. The smallest absolute Gasteiger partial charge is 0.244 e. The Hall–Kier alpha value is -4.43. The van der Waals surface area contributed by atoms with Gasteiger partial charge in [0.2, 0.25) is 11.8 Å². The van der Waals surface area contributed by atoms with Crippen LogP contribution in [0, 0.1) is 29.6 Å². The van der Waals surface area contributed by atoms with Crippen LogP contribution < -0.4 is 19.9 Å². The molecule has 2 heterocycles. The largest absolute Gasteiger partial charge is 0.490 e. The van der Waals surface area contributed by atoms with Gasteiger partial charge in [0.25, 0.3) is 0 Å². The highest BCUT2D eigenvalue weighted by molar-refractivity contribution is 5.57. The van der Waals surface area contributed by atoms with E-state index < -0.39 is 5.92 Å². The highest BCUT2D eigenvalue weighted by Crippen LogP contribution is 2.44. The van der Waals surface area contributed by atoms with E-state index >= 15 is 0 Å². The predicted molar refractivity (Wildman–Crippen MR) is 116 cm³/mol. The minimum Gasteiger partial charge on any atom is -0.490 e. The molecule has 1 aliphatic heterocycles. The second-order valence-electron chi connectivity index (χ2n) is 7.23. The van der Waals surface area contributed by atoms with Crippen LogP contribution in [-0.2, 0) is 6.61 Å². The van der Waals surface area contributed by atoms with Gasteiger partial charge in [0, 0.05) is 11.3 Å². The topological polar surface area (TPSA) is 130 Å². The Morgan fingerprint density at radius 1 is 1.09 bits per heavy atom. The maximum Gasteiger partial charge on any atom is 0.244 e. The highest BCUT2D eigenvalue weighted by Gasteiger charge is 2.34. The number of nitrogens with one attached hydrogen (secondary N) is 1. The highest BCUT2D eigenvalue weighted by atomic mass is 16.5. The van der Waals surface area contributed by atoms with Gasteiger partial charge in [-0.15, -0.1) is 5.10 Å². The third kappa shape index (κ3) is 3.82. The number of allylic oxidation sites excluding steroid dienone is 1. The fourth-order valence-electron chi connectivity index (χ4n) is 3.66. The molecule has 8 heteroatoms. The fraction of sp³-hybridized carbons (Fsp3) is 0.208. The van der Waals surface area contributed by atoms with Crippen LogP contribution in [0.15, 0.2) is 53.9 Å². The number of aryl methyl sites for hydroxylation is 1. The van der Waals surface area contributed by atoms with Crippen LogP contribution >= 0.6 is 0 Å². The molecule has 0 saturated carbocycles. The van der Waals surface area contributed by atoms with Crippen molar-refractivity contribution in [3.63, 3.8) is 0 Å². The Morgan fingerprint density at radius 3 is 2.56 bits per heavy atom. The van der Waals surface area contributed by atoms with Crippen molar-refractivity contribution in [1.82, 2.24) is 10.2 Å². The molecule has 32 heavy (non-hydrogen) atoms. The van der Waals surface area contributed by atoms with E-state index in [1.54, 1.807) is 12.1 Å². The van der Waals surface area contributed by atoms with E-state index in [1.165, 1.54) is 0 Å². The van der Waals surface area contributed by atoms with Gasteiger partial charge in [-0.05, 0) is 49.2 Å². The number of benzene rings is 2. The molecule has 8 nitrogen and oxygen atoms in total. The number of aromatic amines is 1. The number of fused-ring (bicyclic) bond motifs is 1. The number of ether oxygens (including phenoxy) is 3. The second-order valence-corrected chi connectivity index (χ2v) is 7.23. The lowest BCUT2D eigenvalue weighted by Gasteiger charge is -2.24. The number of aromatic nitrogens is 2. The number of rotatable bonds is 6. The maximum atomic E-state index is 9.75. The fourth-order valence-corrected chi connectivity index (χ4v) is 3.66. The van der Waals surface area contributed by atoms with Crippen molar-refractivity contribution >= 4 is 0 Å². The molecule has 0 saturated heterocycles. The van der Waals surface area contributed by atoms with E-state index in [0.29, 0.717) is 41.7 Å². The third-order valence-corrected chi connectivity index (χ3v) is 5.21. The van der Waals surface area contributed by atoms with E-state index in [2.05, 4.69) is 22.3 Å². The van der Waals surface area contributed by atoms with E-state index in [0.717, 1.165) is 22.4 Å². The van der Waals surface area contributed by atoms with Gasteiger partial charge in [0.05, 0.1) is 24.2 Å². The van der Waals surface area contributed by atoms with Gasteiger partial charge >= 0.3 is 0 Å². The summed E-state index contributed by atoms with van der Waals surface area (Å²) in [5.41, 5.74) is 10.2. The zero-order valence-electron chi connectivity index (χ0n) is 17.7. The van der Waals surface area contributed by atoms with Crippen LogP contribution in [0.5, 0.6) is 17.4 Å². The van der Waals surface area contributed by atoms with Crippen molar-refractivity contribution in [3.8, 4) is 29.5 Å². The van der Waals surface area contributed by atoms with Gasteiger partial charge in [-0.25, -0.2) is 0 Å². The first kappa shape index (κ1) is 20.8. The zero-order valence-corrected chi connectivity index (χ0v) is 17.7. The van der Waals surface area contributed by atoms with Gasteiger partial charge in [-0.3, -0.25) is 5.10 Å². The molecule has 0 fully saturated rings. The van der Waals surface area contributed by atoms with Crippen molar-refractivity contribution in [2.45, 2.75) is 26.4 Å². The first-order valence-corrected chi connectivity index (χ1v) is 10.1. The molecule has 3 N–H and O–H groups in total. The Kier molecular flexibility index (Phi) is 5.69. The van der Waals surface area contributed by atoms with E-state index in [-0.39, 0.29) is 5.88 Å². The number of hydrogen-bond donors (Lipinski definition) is 2. The summed E-state index contributed by atoms with van der Waals surface area (Å²) in [4.78, 5) is 0. The van der Waals surface area contributed by atoms with E-state index in [1.807, 2.05) is 44.2 Å². The summed E-state index contributed by atoms with van der Waals surface area (Å²) in [7, 11) is 0. The Labute approximate surface area is 185 Å². The van der Waals surface area contributed by atoms with E-state index in [9.17, 15) is 5.26 Å². The summed E-state index contributed by atoms with van der Waals surface area (Å²) in [6.07, 6.45) is 0. The van der Waals surface area contributed by atoms with Gasteiger partial charge in [-0.1, -0.05) is 18.2 Å². The molecule has 1 aromatic heterocycles. The summed E-state index contributed by atoms with van der Waals surface area (Å²) in [6.45, 7) is 4.53. The molecule has 0 amide bonds.